The van der Waals surface area contributed by atoms with Crippen molar-refractivity contribution < 1.29 is 4.74 Å². The third kappa shape index (κ3) is 4.02. The number of fused-ring (bicyclic) bond motifs is 1. The molecule has 0 amide bonds. The maximum Gasteiger partial charge on any atom is 0.124 e. The van der Waals surface area contributed by atoms with Crippen molar-refractivity contribution >= 4 is 34.0 Å². The molecule has 0 aliphatic heterocycles. The van der Waals surface area contributed by atoms with Crippen LogP contribution in [0.1, 0.15) is 63.5 Å². The van der Waals surface area contributed by atoms with Crippen LogP contribution in [0.4, 0.5) is 0 Å². The van der Waals surface area contributed by atoms with Crippen LogP contribution in [0.5, 0.6) is 5.75 Å². The van der Waals surface area contributed by atoms with E-state index in [4.69, 9.17) is 27.9 Å². The van der Waals surface area contributed by atoms with Crippen LogP contribution in [-0.2, 0) is 13.2 Å². The molecule has 7 rings (SSSR count). The molecule has 4 aliphatic rings. The van der Waals surface area contributed by atoms with Crippen LogP contribution in [-0.4, -0.2) is 5.54 Å². The lowest BCUT2D eigenvalue weighted by molar-refractivity contribution is -0.118. The van der Waals surface area contributed by atoms with Crippen LogP contribution in [0.3, 0.4) is 0 Å². The lowest BCUT2D eigenvalue weighted by Gasteiger charge is -2.65. The van der Waals surface area contributed by atoms with E-state index < -0.39 is 0 Å². The monoisotopic (exact) mass is 493 g/mol. The second-order valence-corrected chi connectivity index (χ2v) is 12.8. The quantitative estimate of drug-likeness (QED) is 0.371. The number of rotatable bonds is 6. The Hall–Kier alpha value is -1.74. The van der Waals surface area contributed by atoms with Crippen LogP contribution >= 0.6 is 23.2 Å². The standard InChI is InChI=1S/C30H33Cl2NO/c1-28-12-20-13-29(2,17-28)19-30(14-20,18-28)33-15-23-22-7-4-3-6-21(22)10-11-27(23)34-16-24-25(31)8-5-9-26(24)32/h3-11,20,33H,12-19H2,1-2H3. The fraction of sp³-hybridized carbons (Fsp3) is 0.467. The zero-order valence-corrected chi connectivity index (χ0v) is 21.6. The van der Waals surface area contributed by atoms with Gasteiger partial charge in [-0.15, -0.1) is 0 Å². The molecule has 4 saturated carbocycles. The van der Waals surface area contributed by atoms with Gasteiger partial charge >= 0.3 is 0 Å². The summed E-state index contributed by atoms with van der Waals surface area (Å²) in [5.41, 5.74) is 3.27. The minimum Gasteiger partial charge on any atom is -0.488 e. The van der Waals surface area contributed by atoms with Crippen LogP contribution in [0, 0.1) is 16.7 Å². The summed E-state index contributed by atoms with van der Waals surface area (Å²) in [5, 5.41) is 7.89. The molecule has 0 saturated heterocycles. The van der Waals surface area contributed by atoms with Gasteiger partial charge in [0.2, 0.25) is 0 Å². The zero-order valence-electron chi connectivity index (χ0n) is 20.1. The lowest BCUT2D eigenvalue weighted by atomic mass is 9.43. The van der Waals surface area contributed by atoms with Crippen molar-refractivity contribution in [3.8, 4) is 5.75 Å². The third-order valence-corrected chi connectivity index (χ3v) is 9.41. The highest BCUT2D eigenvalue weighted by Gasteiger charge is 2.59. The number of nitrogens with one attached hydrogen (secondary N) is 1. The molecule has 0 radical (unpaired) electrons. The fourth-order valence-corrected chi connectivity index (χ4v) is 8.88. The minimum atomic E-state index is 0.239. The molecule has 2 nitrogen and oxygen atoms in total. The normalized spacial score (nSPS) is 31.8. The summed E-state index contributed by atoms with van der Waals surface area (Å²) in [5.74, 6) is 1.77. The van der Waals surface area contributed by atoms with Crippen molar-refractivity contribution in [3.63, 3.8) is 0 Å². The van der Waals surface area contributed by atoms with Gasteiger partial charge in [-0.25, -0.2) is 0 Å². The summed E-state index contributed by atoms with van der Waals surface area (Å²) in [4.78, 5) is 0. The van der Waals surface area contributed by atoms with Gasteiger partial charge in [0, 0.05) is 33.3 Å². The second-order valence-electron chi connectivity index (χ2n) is 12.0. The molecule has 34 heavy (non-hydrogen) atoms. The Morgan fingerprint density at radius 1 is 0.824 bits per heavy atom. The summed E-state index contributed by atoms with van der Waals surface area (Å²) >= 11 is 12.8. The average molecular weight is 495 g/mol. The van der Waals surface area contributed by atoms with Gasteiger partial charge in [0.05, 0.1) is 0 Å². The summed E-state index contributed by atoms with van der Waals surface area (Å²) in [6.07, 6.45) is 8.11. The Kier molecular flexibility index (Phi) is 5.44. The molecule has 4 aliphatic carbocycles. The van der Waals surface area contributed by atoms with E-state index in [1.807, 2.05) is 18.2 Å². The molecule has 4 heteroatoms. The highest BCUT2D eigenvalue weighted by atomic mass is 35.5. The molecule has 2 unspecified atom stereocenters. The summed E-state index contributed by atoms with van der Waals surface area (Å²) in [6.45, 7) is 6.23. The molecule has 4 bridgehead atoms. The van der Waals surface area contributed by atoms with Crippen molar-refractivity contribution in [2.45, 2.75) is 71.1 Å². The molecule has 4 fully saturated rings. The smallest absolute Gasteiger partial charge is 0.124 e. The number of halogens is 2. The van der Waals surface area contributed by atoms with Crippen molar-refractivity contribution in [2.24, 2.45) is 16.7 Å². The second kappa shape index (κ2) is 8.15. The van der Waals surface area contributed by atoms with Gasteiger partial charge in [0.1, 0.15) is 12.4 Å². The number of benzene rings is 3. The Balaban J connectivity index is 1.31. The summed E-state index contributed by atoms with van der Waals surface area (Å²) in [7, 11) is 0. The van der Waals surface area contributed by atoms with Gasteiger partial charge in [-0.05, 0) is 84.2 Å². The van der Waals surface area contributed by atoms with E-state index in [2.05, 4.69) is 55.6 Å². The van der Waals surface area contributed by atoms with Crippen molar-refractivity contribution in [1.82, 2.24) is 5.32 Å². The van der Waals surface area contributed by atoms with Crippen molar-refractivity contribution in [3.05, 3.63) is 75.8 Å². The summed E-state index contributed by atoms with van der Waals surface area (Å²) in [6, 6.07) is 18.5. The maximum atomic E-state index is 6.42. The van der Waals surface area contributed by atoms with Gasteiger partial charge in [0.25, 0.3) is 0 Å². The van der Waals surface area contributed by atoms with Crippen LogP contribution in [0.25, 0.3) is 10.8 Å². The molecule has 1 N–H and O–H groups in total. The van der Waals surface area contributed by atoms with Gasteiger partial charge in [-0.3, -0.25) is 0 Å². The molecule has 178 valence electrons. The number of hydrogen-bond donors (Lipinski definition) is 1. The van der Waals surface area contributed by atoms with E-state index in [9.17, 15) is 0 Å². The summed E-state index contributed by atoms with van der Waals surface area (Å²) < 4.78 is 6.40. The van der Waals surface area contributed by atoms with Crippen LogP contribution < -0.4 is 10.1 Å². The maximum absolute atomic E-state index is 6.42. The molecule has 0 heterocycles. The number of ether oxygens (including phenoxy) is 1. The van der Waals surface area contributed by atoms with Gasteiger partial charge in [-0.1, -0.05) is 73.4 Å². The first-order valence-electron chi connectivity index (χ1n) is 12.6. The van der Waals surface area contributed by atoms with Crippen molar-refractivity contribution in [1.29, 1.82) is 0 Å². The fourth-order valence-electron chi connectivity index (χ4n) is 8.37. The molecule has 2 atom stereocenters. The predicted molar refractivity (Wildman–Crippen MR) is 142 cm³/mol. The highest BCUT2D eigenvalue weighted by Crippen LogP contribution is 2.66. The molecule has 0 aromatic heterocycles. The molecular weight excluding hydrogens is 461 g/mol. The van der Waals surface area contributed by atoms with Gasteiger partial charge in [0.15, 0.2) is 0 Å². The topological polar surface area (TPSA) is 21.3 Å². The predicted octanol–water partition coefficient (Wildman–Crippen LogP) is 8.56. The highest BCUT2D eigenvalue weighted by molar-refractivity contribution is 6.35. The Morgan fingerprint density at radius 2 is 1.53 bits per heavy atom. The average Bonchev–Trinajstić information content (AvgIpc) is 2.75. The van der Waals surface area contributed by atoms with E-state index in [0.29, 0.717) is 27.5 Å². The van der Waals surface area contributed by atoms with E-state index in [0.717, 1.165) is 23.8 Å². The SMILES string of the molecule is CC12CC3CC(C)(C1)CC(NCc1c(OCc4c(Cl)cccc4Cl)ccc4ccccc14)(C3)C2. The van der Waals surface area contributed by atoms with Crippen LogP contribution in [0.2, 0.25) is 10.0 Å². The minimum absolute atomic E-state index is 0.239. The lowest BCUT2D eigenvalue weighted by Crippen LogP contribution is -2.63. The van der Waals surface area contributed by atoms with Gasteiger partial charge in [-0.2, -0.15) is 0 Å². The first kappa shape index (κ1) is 22.7. The molecular formula is C30H33Cl2NO. The first-order valence-corrected chi connectivity index (χ1v) is 13.3. The van der Waals surface area contributed by atoms with Crippen molar-refractivity contribution in [2.75, 3.05) is 0 Å². The molecule has 0 spiro atoms. The number of hydrogen-bond acceptors (Lipinski definition) is 2. The van der Waals surface area contributed by atoms with E-state index >= 15 is 0 Å². The largest absolute Gasteiger partial charge is 0.488 e. The zero-order chi connectivity index (χ0) is 23.6. The molecule has 3 aromatic rings. The molecule has 3 aromatic carbocycles. The Labute approximate surface area is 213 Å². The van der Waals surface area contributed by atoms with E-state index in [1.54, 1.807) is 0 Å². The van der Waals surface area contributed by atoms with Crippen LogP contribution in [0.15, 0.2) is 54.6 Å². The van der Waals surface area contributed by atoms with E-state index in [-0.39, 0.29) is 5.54 Å². The third-order valence-electron chi connectivity index (χ3n) is 8.70. The van der Waals surface area contributed by atoms with Gasteiger partial charge < -0.3 is 10.1 Å². The Morgan fingerprint density at radius 3 is 2.24 bits per heavy atom. The van der Waals surface area contributed by atoms with E-state index in [1.165, 1.54) is 54.9 Å². The first-order chi connectivity index (χ1) is 16.3. The Bertz CT molecular complexity index is 1220.